The van der Waals surface area contributed by atoms with E-state index in [0.29, 0.717) is 15.6 Å². The van der Waals surface area contributed by atoms with Gasteiger partial charge in [-0.15, -0.1) is 11.3 Å². The molecule has 1 N–H and O–H groups in total. The molecule has 2 heterocycles. The van der Waals surface area contributed by atoms with Crippen LogP contribution in [0.25, 0.3) is 10.6 Å². The van der Waals surface area contributed by atoms with Gasteiger partial charge >= 0.3 is 0 Å². The van der Waals surface area contributed by atoms with Crippen LogP contribution in [0, 0.1) is 12.7 Å². The van der Waals surface area contributed by atoms with E-state index in [4.69, 9.17) is 4.74 Å². The number of rotatable bonds is 7. The van der Waals surface area contributed by atoms with Crippen LogP contribution >= 0.6 is 11.3 Å². The minimum Gasteiger partial charge on any atom is -0.503 e. The van der Waals surface area contributed by atoms with E-state index in [9.17, 15) is 19.1 Å². The molecule has 3 aromatic rings. The van der Waals surface area contributed by atoms with Gasteiger partial charge in [0.1, 0.15) is 10.8 Å². The Balaban J connectivity index is 1.80. The summed E-state index contributed by atoms with van der Waals surface area (Å²) in [7, 11) is 1.48. The lowest BCUT2D eigenvalue weighted by molar-refractivity contribution is -0.130. The zero-order valence-electron chi connectivity index (χ0n) is 17.5. The van der Waals surface area contributed by atoms with Gasteiger partial charge in [0.25, 0.3) is 5.91 Å². The lowest BCUT2D eigenvalue weighted by Gasteiger charge is -2.26. The number of methoxy groups -OCH3 is 1. The number of Topliss-reactive ketones (excluding diaryl/α,β-unsaturated/α-hetero) is 1. The van der Waals surface area contributed by atoms with Gasteiger partial charge in [0, 0.05) is 24.8 Å². The first-order valence-electron chi connectivity index (χ1n) is 9.99. The van der Waals surface area contributed by atoms with Crippen molar-refractivity contribution in [3.8, 4) is 10.6 Å². The summed E-state index contributed by atoms with van der Waals surface area (Å²) in [5.74, 6) is -2.52. The number of benzene rings is 2. The summed E-state index contributed by atoms with van der Waals surface area (Å²) >= 11 is 1.18. The number of nitrogens with zero attached hydrogens (tertiary/aromatic N) is 2. The summed E-state index contributed by atoms with van der Waals surface area (Å²) in [5, 5.41) is 11.3. The van der Waals surface area contributed by atoms with Gasteiger partial charge < -0.3 is 14.7 Å². The Labute approximate surface area is 188 Å². The highest BCUT2D eigenvalue weighted by Crippen LogP contribution is 2.41. The Morgan fingerprint density at radius 2 is 1.88 bits per heavy atom. The number of amides is 1. The van der Waals surface area contributed by atoms with Crippen molar-refractivity contribution in [3.05, 3.63) is 87.9 Å². The Morgan fingerprint density at radius 3 is 2.56 bits per heavy atom. The maximum absolute atomic E-state index is 14.7. The van der Waals surface area contributed by atoms with Gasteiger partial charge in [0.2, 0.25) is 5.78 Å². The lowest BCUT2D eigenvalue weighted by Crippen LogP contribution is -2.34. The summed E-state index contributed by atoms with van der Waals surface area (Å²) in [6.45, 7) is 1.96. The van der Waals surface area contributed by atoms with Gasteiger partial charge in [-0.25, -0.2) is 9.37 Å². The highest BCUT2D eigenvalue weighted by atomic mass is 32.1. The molecule has 1 amide bonds. The molecule has 6 nitrogen and oxygen atoms in total. The fourth-order valence-corrected chi connectivity index (χ4v) is 4.79. The van der Waals surface area contributed by atoms with Gasteiger partial charge in [-0.2, -0.15) is 0 Å². The molecule has 0 bridgehead atoms. The third-order valence-corrected chi connectivity index (χ3v) is 6.51. The molecule has 32 heavy (non-hydrogen) atoms. The molecule has 1 aliphatic heterocycles. The number of hydrogen-bond acceptors (Lipinski definition) is 6. The standard InChI is InChI=1S/C24H21FN2O4S/c1-14-22(32-23(26-14)15-8-4-3-5-9-15)20(28)18-19(16-10-6-7-11-17(16)25)27(12-13-31-2)24(30)21(18)29/h3-11,19,29H,12-13H2,1-2H3. The molecule has 0 fully saturated rings. The fourth-order valence-electron chi connectivity index (χ4n) is 3.76. The van der Waals surface area contributed by atoms with Crippen LogP contribution < -0.4 is 0 Å². The smallest absolute Gasteiger partial charge is 0.290 e. The van der Waals surface area contributed by atoms with E-state index in [0.717, 1.165) is 5.56 Å². The Kier molecular flexibility index (Phi) is 6.16. The van der Waals surface area contributed by atoms with Crippen LogP contribution in [-0.4, -0.2) is 46.9 Å². The van der Waals surface area contributed by atoms with E-state index in [2.05, 4.69) is 4.98 Å². The van der Waals surface area contributed by atoms with Gasteiger partial charge in [-0.3, -0.25) is 9.59 Å². The number of hydrogen-bond donors (Lipinski definition) is 1. The molecule has 0 saturated carbocycles. The maximum atomic E-state index is 14.7. The first kappa shape index (κ1) is 21.9. The molecule has 1 aliphatic rings. The summed E-state index contributed by atoms with van der Waals surface area (Å²) in [4.78, 5) is 32.5. The predicted molar refractivity (Wildman–Crippen MR) is 119 cm³/mol. The Morgan fingerprint density at radius 1 is 1.19 bits per heavy atom. The van der Waals surface area contributed by atoms with Crippen molar-refractivity contribution in [2.45, 2.75) is 13.0 Å². The van der Waals surface area contributed by atoms with Crippen molar-refractivity contribution in [1.29, 1.82) is 0 Å². The largest absolute Gasteiger partial charge is 0.503 e. The van der Waals surface area contributed by atoms with Gasteiger partial charge in [-0.05, 0) is 13.0 Å². The van der Waals surface area contributed by atoms with Crippen molar-refractivity contribution in [2.24, 2.45) is 0 Å². The fraction of sp³-hybridized carbons (Fsp3) is 0.208. The summed E-state index contributed by atoms with van der Waals surface area (Å²) in [6.07, 6.45) is 0. The molecular weight excluding hydrogens is 431 g/mol. The number of halogens is 1. The monoisotopic (exact) mass is 452 g/mol. The molecular formula is C24H21FN2O4S. The van der Waals surface area contributed by atoms with E-state index in [1.807, 2.05) is 30.3 Å². The molecule has 2 aromatic carbocycles. The van der Waals surface area contributed by atoms with Crippen LogP contribution in [0.1, 0.15) is 27.0 Å². The third-order valence-electron chi connectivity index (χ3n) is 5.31. The molecule has 1 unspecified atom stereocenters. The number of ketones is 1. The van der Waals surface area contributed by atoms with E-state index >= 15 is 0 Å². The predicted octanol–water partition coefficient (Wildman–Crippen LogP) is 4.48. The van der Waals surface area contributed by atoms with Crippen molar-refractivity contribution in [3.63, 3.8) is 0 Å². The van der Waals surface area contributed by atoms with Crippen molar-refractivity contribution >= 4 is 23.0 Å². The quantitative estimate of drug-likeness (QED) is 0.535. The van der Waals surface area contributed by atoms with Crippen molar-refractivity contribution in [1.82, 2.24) is 9.88 Å². The molecule has 0 aliphatic carbocycles. The number of aryl methyl sites for hydroxylation is 1. The zero-order chi connectivity index (χ0) is 22.8. The van der Waals surface area contributed by atoms with E-state index in [1.165, 1.54) is 41.5 Å². The summed E-state index contributed by atoms with van der Waals surface area (Å²) < 4.78 is 19.8. The van der Waals surface area contributed by atoms with Crippen LogP contribution in [0.2, 0.25) is 0 Å². The van der Waals surface area contributed by atoms with Gasteiger partial charge in [0.05, 0.1) is 28.8 Å². The van der Waals surface area contributed by atoms with Crippen LogP contribution in [-0.2, 0) is 9.53 Å². The average Bonchev–Trinajstić information content (AvgIpc) is 3.31. The molecule has 0 saturated heterocycles. The second kappa shape index (κ2) is 9.02. The first-order chi connectivity index (χ1) is 15.4. The first-order valence-corrected chi connectivity index (χ1v) is 10.8. The topological polar surface area (TPSA) is 79.7 Å². The minimum atomic E-state index is -1.06. The van der Waals surface area contributed by atoms with E-state index in [1.54, 1.807) is 13.0 Å². The highest BCUT2D eigenvalue weighted by molar-refractivity contribution is 7.17. The zero-order valence-corrected chi connectivity index (χ0v) is 18.4. The number of thiazole rings is 1. The number of aliphatic hydroxyl groups is 1. The van der Waals surface area contributed by atoms with Crippen LogP contribution in [0.5, 0.6) is 0 Å². The highest BCUT2D eigenvalue weighted by Gasteiger charge is 2.45. The molecule has 4 rings (SSSR count). The molecule has 164 valence electrons. The minimum absolute atomic E-state index is 0.0894. The van der Waals surface area contributed by atoms with Crippen LogP contribution in [0.3, 0.4) is 0 Å². The summed E-state index contributed by atoms with van der Waals surface area (Å²) in [5.41, 5.74) is 1.32. The lowest BCUT2D eigenvalue weighted by atomic mass is 9.94. The van der Waals surface area contributed by atoms with E-state index < -0.39 is 29.3 Å². The molecule has 0 spiro atoms. The summed E-state index contributed by atoms with van der Waals surface area (Å²) in [6, 6.07) is 14.3. The third kappa shape index (κ3) is 3.83. The number of aliphatic hydroxyl groups excluding tert-OH is 1. The Hall–Kier alpha value is -3.36. The second-order valence-electron chi connectivity index (χ2n) is 7.31. The van der Waals surface area contributed by atoms with Crippen molar-refractivity contribution < 1.29 is 23.8 Å². The van der Waals surface area contributed by atoms with Gasteiger partial charge in [-0.1, -0.05) is 48.5 Å². The molecule has 0 radical (unpaired) electrons. The maximum Gasteiger partial charge on any atom is 0.290 e. The van der Waals surface area contributed by atoms with Crippen LogP contribution in [0.15, 0.2) is 65.9 Å². The number of aromatic nitrogens is 1. The van der Waals surface area contributed by atoms with Crippen molar-refractivity contribution in [2.75, 3.05) is 20.3 Å². The number of carbonyl (C=O) groups excluding carboxylic acids is 2. The van der Waals surface area contributed by atoms with E-state index in [-0.39, 0.29) is 24.3 Å². The normalized spacial score (nSPS) is 16.2. The molecule has 1 atom stereocenters. The van der Waals surface area contributed by atoms with Gasteiger partial charge in [0.15, 0.2) is 5.76 Å². The number of ether oxygens (including phenoxy) is 1. The van der Waals surface area contributed by atoms with Crippen LogP contribution in [0.4, 0.5) is 4.39 Å². The molecule has 1 aromatic heterocycles. The average molecular weight is 453 g/mol. The number of carbonyl (C=O) groups is 2. The second-order valence-corrected chi connectivity index (χ2v) is 8.31. The molecule has 8 heteroatoms. The SMILES string of the molecule is COCCN1C(=O)C(O)=C(C(=O)c2sc(-c3ccccc3)nc2C)C1c1ccccc1F. The Bertz CT molecular complexity index is 1210.